The zero-order valence-electron chi connectivity index (χ0n) is 17.2. The predicted octanol–water partition coefficient (Wildman–Crippen LogP) is 4.13. The molecule has 32 heavy (non-hydrogen) atoms. The average molecular weight is 427 g/mol. The summed E-state index contributed by atoms with van der Waals surface area (Å²) in [5.74, 6) is 0.707. The van der Waals surface area contributed by atoms with Crippen LogP contribution in [0, 0.1) is 0 Å². The average Bonchev–Trinajstić information content (AvgIpc) is 3.55. The minimum atomic E-state index is -0.259. The van der Waals surface area contributed by atoms with Gasteiger partial charge in [-0.1, -0.05) is 18.2 Å². The van der Waals surface area contributed by atoms with E-state index >= 15 is 0 Å². The van der Waals surface area contributed by atoms with Gasteiger partial charge in [-0.2, -0.15) is 0 Å². The highest BCUT2D eigenvalue weighted by molar-refractivity contribution is 6.02. The summed E-state index contributed by atoms with van der Waals surface area (Å²) >= 11 is 0. The lowest BCUT2D eigenvalue weighted by molar-refractivity contribution is 0.0743. The van der Waals surface area contributed by atoms with E-state index in [2.05, 4.69) is 10.6 Å². The number of nitrogens with zero attached hydrogens (tertiary/aromatic N) is 1. The lowest BCUT2D eigenvalue weighted by Gasteiger charge is -2.21. The van der Waals surface area contributed by atoms with Crippen LogP contribution in [-0.4, -0.2) is 41.9 Å². The minimum Gasteiger partial charge on any atom is -0.459 e. The lowest BCUT2D eigenvalue weighted by atomic mass is 10.1. The Bertz CT molecular complexity index is 1290. The molecule has 0 spiro atoms. The topological polar surface area (TPSA) is 87.7 Å². The van der Waals surface area contributed by atoms with E-state index in [1.807, 2.05) is 53.4 Å². The first kappa shape index (κ1) is 18.7. The number of benzene rings is 2. The monoisotopic (exact) mass is 427 g/mol. The number of furan rings is 2. The molecule has 2 amide bonds. The van der Waals surface area contributed by atoms with E-state index in [4.69, 9.17) is 8.83 Å². The number of fused-ring (bicyclic) bond motifs is 3. The first-order valence-electron chi connectivity index (χ1n) is 10.7. The zero-order valence-corrected chi connectivity index (χ0v) is 17.2. The van der Waals surface area contributed by atoms with Crippen molar-refractivity contribution in [2.45, 2.75) is 18.5 Å². The quantitative estimate of drug-likeness (QED) is 0.513. The van der Waals surface area contributed by atoms with Crippen molar-refractivity contribution in [1.29, 1.82) is 0 Å². The standard InChI is InChI=1S/C25H21N3O4/c29-24(22-6-3-9-31-22)27-17-12-18-13-26-20-8-7-16(10-19(20)25(30)28(18)14-17)23-11-15-4-1-2-5-21(15)32-23/h1-11,17-18,26H,12-14H2,(H,27,29)/t17?,18-/m0/s1. The number of amides is 2. The molecule has 2 aromatic carbocycles. The second kappa shape index (κ2) is 7.30. The molecule has 2 N–H and O–H groups in total. The number of carbonyl (C=O) groups is 2. The Morgan fingerprint density at radius 2 is 2.00 bits per heavy atom. The maximum atomic E-state index is 13.5. The summed E-state index contributed by atoms with van der Waals surface area (Å²) in [5.41, 5.74) is 3.11. The largest absolute Gasteiger partial charge is 0.459 e. The fourth-order valence-electron chi connectivity index (χ4n) is 4.66. The molecular formula is C25H21N3O4. The molecule has 6 rings (SSSR count). The van der Waals surface area contributed by atoms with Crippen LogP contribution in [0.4, 0.5) is 5.69 Å². The summed E-state index contributed by atoms with van der Waals surface area (Å²) in [5, 5.41) is 7.42. The van der Waals surface area contributed by atoms with Crippen molar-refractivity contribution < 1.29 is 18.4 Å². The molecule has 1 saturated heterocycles. The molecule has 2 aromatic heterocycles. The van der Waals surface area contributed by atoms with Gasteiger partial charge in [0.05, 0.1) is 17.9 Å². The summed E-state index contributed by atoms with van der Waals surface area (Å²) in [4.78, 5) is 27.7. The van der Waals surface area contributed by atoms with Crippen LogP contribution in [0.15, 0.2) is 75.8 Å². The molecule has 0 saturated carbocycles. The van der Waals surface area contributed by atoms with Crippen molar-refractivity contribution in [3.05, 3.63) is 78.3 Å². The summed E-state index contributed by atoms with van der Waals surface area (Å²) in [7, 11) is 0. The summed E-state index contributed by atoms with van der Waals surface area (Å²) in [6, 6.07) is 18.8. The van der Waals surface area contributed by atoms with Gasteiger partial charge in [-0.25, -0.2) is 0 Å². The Kier molecular flexibility index (Phi) is 4.28. The molecule has 2 aliphatic rings. The normalized spacial score (nSPS) is 19.9. The van der Waals surface area contributed by atoms with Crippen molar-refractivity contribution in [2.24, 2.45) is 0 Å². The second-order valence-electron chi connectivity index (χ2n) is 8.28. The summed E-state index contributed by atoms with van der Waals surface area (Å²) in [6.07, 6.45) is 2.16. The van der Waals surface area contributed by atoms with Crippen molar-refractivity contribution in [3.63, 3.8) is 0 Å². The molecule has 7 heteroatoms. The number of anilines is 1. The van der Waals surface area contributed by atoms with Crippen LogP contribution in [0.1, 0.15) is 27.3 Å². The molecule has 4 aromatic rings. The number of nitrogens with one attached hydrogen (secondary N) is 2. The highest BCUT2D eigenvalue weighted by Gasteiger charge is 2.39. The van der Waals surface area contributed by atoms with E-state index in [9.17, 15) is 9.59 Å². The maximum Gasteiger partial charge on any atom is 0.287 e. The molecule has 4 heterocycles. The fourth-order valence-corrected chi connectivity index (χ4v) is 4.66. The molecule has 1 unspecified atom stereocenters. The molecule has 0 aliphatic carbocycles. The van der Waals surface area contributed by atoms with Crippen LogP contribution in [-0.2, 0) is 0 Å². The fraction of sp³-hybridized carbons (Fsp3) is 0.200. The highest BCUT2D eigenvalue weighted by Crippen LogP contribution is 2.33. The lowest BCUT2D eigenvalue weighted by Crippen LogP contribution is -2.39. The van der Waals surface area contributed by atoms with Gasteiger partial charge in [0.15, 0.2) is 5.76 Å². The van der Waals surface area contributed by atoms with Crippen LogP contribution in [0.2, 0.25) is 0 Å². The van der Waals surface area contributed by atoms with E-state index in [0.29, 0.717) is 25.1 Å². The summed E-state index contributed by atoms with van der Waals surface area (Å²) in [6.45, 7) is 1.10. The van der Waals surface area contributed by atoms with E-state index < -0.39 is 0 Å². The minimum absolute atomic E-state index is 0.00597. The molecule has 7 nitrogen and oxygen atoms in total. The van der Waals surface area contributed by atoms with Crippen LogP contribution >= 0.6 is 0 Å². The molecule has 2 aliphatic heterocycles. The van der Waals surface area contributed by atoms with Gasteiger partial charge in [0.1, 0.15) is 11.3 Å². The van der Waals surface area contributed by atoms with Gasteiger partial charge in [-0.05, 0) is 48.9 Å². The highest BCUT2D eigenvalue weighted by atomic mass is 16.3. The molecule has 1 fully saturated rings. The number of carbonyl (C=O) groups excluding carboxylic acids is 2. The molecule has 0 bridgehead atoms. The number of para-hydroxylation sites is 1. The third-order valence-corrected chi connectivity index (χ3v) is 6.24. The Balaban J connectivity index is 1.26. The van der Waals surface area contributed by atoms with Gasteiger partial charge < -0.3 is 24.4 Å². The Hall–Kier alpha value is -4.00. The van der Waals surface area contributed by atoms with E-state index in [1.165, 1.54) is 6.26 Å². The number of hydrogen-bond acceptors (Lipinski definition) is 5. The van der Waals surface area contributed by atoms with Crippen molar-refractivity contribution >= 4 is 28.5 Å². The van der Waals surface area contributed by atoms with Crippen molar-refractivity contribution in [1.82, 2.24) is 10.2 Å². The molecule has 0 radical (unpaired) electrons. The van der Waals surface area contributed by atoms with Gasteiger partial charge in [0.2, 0.25) is 0 Å². The third-order valence-electron chi connectivity index (χ3n) is 6.24. The van der Waals surface area contributed by atoms with Crippen LogP contribution in [0.25, 0.3) is 22.3 Å². The Labute approximate surface area is 184 Å². The molecular weight excluding hydrogens is 406 g/mol. The van der Waals surface area contributed by atoms with Crippen LogP contribution < -0.4 is 10.6 Å². The van der Waals surface area contributed by atoms with Gasteiger partial charge in [0.25, 0.3) is 11.8 Å². The van der Waals surface area contributed by atoms with Gasteiger partial charge in [-0.3, -0.25) is 9.59 Å². The number of rotatable bonds is 3. The van der Waals surface area contributed by atoms with Crippen LogP contribution in [0.3, 0.4) is 0 Å². The Morgan fingerprint density at radius 3 is 2.84 bits per heavy atom. The number of hydrogen-bond donors (Lipinski definition) is 2. The van der Waals surface area contributed by atoms with Gasteiger partial charge >= 0.3 is 0 Å². The smallest absolute Gasteiger partial charge is 0.287 e. The second-order valence-corrected chi connectivity index (χ2v) is 8.28. The van der Waals surface area contributed by atoms with Gasteiger partial charge in [-0.15, -0.1) is 0 Å². The first-order valence-corrected chi connectivity index (χ1v) is 10.7. The van der Waals surface area contributed by atoms with E-state index in [1.54, 1.807) is 12.1 Å². The van der Waals surface area contributed by atoms with E-state index in [-0.39, 0.29) is 29.7 Å². The third kappa shape index (κ3) is 3.13. The van der Waals surface area contributed by atoms with Crippen LogP contribution in [0.5, 0.6) is 0 Å². The van der Waals surface area contributed by atoms with Gasteiger partial charge in [0, 0.05) is 35.8 Å². The predicted molar refractivity (Wildman–Crippen MR) is 120 cm³/mol. The molecule has 160 valence electrons. The Morgan fingerprint density at radius 1 is 1.09 bits per heavy atom. The SMILES string of the molecule is O=C(NC1C[C@H]2CNc3ccc(-c4cc5ccccc5o4)cc3C(=O)N2C1)c1ccco1. The molecule has 2 atom stereocenters. The van der Waals surface area contributed by atoms with E-state index in [0.717, 1.165) is 28.0 Å². The first-order chi connectivity index (χ1) is 15.7. The maximum absolute atomic E-state index is 13.5. The summed E-state index contributed by atoms with van der Waals surface area (Å²) < 4.78 is 11.2. The van der Waals surface area contributed by atoms with Crippen molar-refractivity contribution in [2.75, 3.05) is 18.4 Å². The zero-order chi connectivity index (χ0) is 21.7. The van der Waals surface area contributed by atoms with Crippen molar-refractivity contribution in [3.8, 4) is 11.3 Å².